The molecule has 0 radical (unpaired) electrons. The number of nitrogens with one attached hydrogen (secondary N) is 1. The summed E-state index contributed by atoms with van der Waals surface area (Å²) >= 11 is 0. The topological polar surface area (TPSA) is 58.6 Å². The lowest BCUT2D eigenvalue weighted by Gasteiger charge is -2.22. The molecule has 2 amide bonds. The molecular weight excluding hydrogens is 328 g/mol. The molecule has 0 heterocycles. The third-order valence-electron chi connectivity index (χ3n) is 4.10. The number of carbonyl (C=O) groups is 2. The summed E-state index contributed by atoms with van der Waals surface area (Å²) in [5.74, 6) is 0.592. The number of amides is 2. The first kappa shape index (κ1) is 19.5. The number of aryl methyl sites for hydroxylation is 1. The summed E-state index contributed by atoms with van der Waals surface area (Å²) in [5.41, 5.74) is 2.09. The van der Waals surface area contributed by atoms with Gasteiger partial charge in [0, 0.05) is 14.0 Å². The summed E-state index contributed by atoms with van der Waals surface area (Å²) in [6.07, 6.45) is 0.213. The molecule has 0 aromatic heterocycles. The maximum atomic E-state index is 12.5. The van der Waals surface area contributed by atoms with Crippen LogP contribution in [0.2, 0.25) is 0 Å². The largest absolute Gasteiger partial charge is 0.492 e. The van der Waals surface area contributed by atoms with Crippen molar-refractivity contribution in [2.24, 2.45) is 0 Å². The van der Waals surface area contributed by atoms with Gasteiger partial charge in [0.2, 0.25) is 11.8 Å². The summed E-state index contributed by atoms with van der Waals surface area (Å²) in [5, 5.41) is 2.85. The molecule has 0 aliphatic heterocycles. The van der Waals surface area contributed by atoms with Crippen molar-refractivity contribution in [1.82, 2.24) is 10.2 Å². The molecule has 0 aliphatic carbocycles. The van der Waals surface area contributed by atoms with Crippen molar-refractivity contribution < 1.29 is 14.3 Å². The summed E-state index contributed by atoms with van der Waals surface area (Å²) < 4.78 is 5.67. The Balaban J connectivity index is 1.87. The number of benzene rings is 2. The quantitative estimate of drug-likeness (QED) is 0.792. The van der Waals surface area contributed by atoms with Gasteiger partial charge in [-0.2, -0.15) is 0 Å². The smallest absolute Gasteiger partial charge is 0.224 e. The van der Waals surface area contributed by atoms with Crippen LogP contribution in [-0.4, -0.2) is 36.9 Å². The Morgan fingerprint density at radius 2 is 1.73 bits per heavy atom. The van der Waals surface area contributed by atoms with Gasteiger partial charge in [-0.25, -0.2) is 0 Å². The Labute approximate surface area is 155 Å². The second-order valence-corrected chi connectivity index (χ2v) is 6.34. The predicted molar refractivity (Wildman–Crippen MR) is 102 cm³/mol. The Bertz CT molecular complexity index is 714. The van der Waals surface area contributed by atoms with Gasteiger partial charge < -0.3 is 15.0 Å². The lowest BCUT2D eigenvalue weighted by Crippen LogP contribution is -2.35. The minimum absolute atomic E-state index is 0.0416. The van der Waals surface area contributed by atoms with Crippen molar-refractivity contribution in [3.63, 3.8) is 0 Å². The summed E-state index contributed by atoms with van der Waals surface area (Å²) in [6.45, 7) is 4.38. The zero-order valence-electron chi connectivity index (χ0n) is 15.6. The third-order valence-corrected chi connectivity index (χ3v) is 4.10. The molecule has 0 bridgehead atoms. The number of likely N-dealkylation sites (N-methyl/N-ethyl adjacent to an activating group) is 1. The van der Waals surface area contributed by atoms with Gasteiger partial charge in [-0.3, -0.25) is 9.59 Å². The average Bonchev–Trinajstić information content (AvgIpc) is 2.63. The highest BCUT2D eigenvalue weighted by atomic mass is 16.5. The van der Waals surface area contributed by atoms with E-state index in [1.807, 2.05) is 61.5 Å². The molecule has 0 saturated heterocycles. The molecule has 1 atom stereocenters. The molecule has 0 saturated carbocycles. The van der Waals surface area contributed by atoms with E-state index in [2.05, 4.69) is 5.32 Å². The van der Waals surface area contributed by atoms with Gasteiger partial charge >= 0.3 is 0 Å². The van der Waals surface area contributed by atoms with Gasteiger partial charge in [-0.15, -0.1) is 0 Å². The van der Waals surface area contributed by atoms with Gasteiger partial charge in [0.25, 0.3) is 0 Å². The van der Waals surface area contributed by atoms with Crippen LogP contribution >= 0.6 is 0 Å². The van der Waals surface area contributed by atoms with Crippen molar-refractivity contribution >= 4 is 11.8 Å². The second kappa shape index (κ2) is 9.61. The zero-order chi connectivity index (χ0) is 18.9. The highest BCUT2D eigenvalue weighted by Crippen LogP contribution is 2.17. The molecule has 5 nitrogen and oxygen atoms in total. The molecule has 138 valence electrons. The van der Waals surface area contributed by atoms with Crippen molar-refractivity contribution in [2.75, 3.05) is 20.2 Å². The van der Waals surface area contributed by atoms with Crippen molar-refractivity contribution in [2.45, 2.75) is 26.3 Å². The molecule has 0 fully saturated rings. The highest BCUT2D eigenvalue weighted by Gasteiger charge is 2.19. The van der Waals surface area contributed by atoms with Crippen LogP contribution in [0.5, 0.6) is 5.75 Å². The molecule has 1 N–H and O–H groups in total. The number of rotatable bonds is 8. The van der Waals surface area contributed by atoms with Crippen molar-refractivity contribution in [1.29, 1.82) is 0 Å². The summed E-state index contributed by atoms with van der Waals surface area (Å²) in [4.78, 5) is 25.6. The lowest BCUT2D eigenvalue weighted by atomic mass is 10.0. The van der Waals surface area contributed by atoms with E-state index in [1.54, 1.807) is 11.9 Å². The molecule has 2 aromatic rings. The normalized spacial score (nSPS) is 11.5. The first-order valence-electron chi connectivity index (χ1n) is 8.71. The van der Waals surface area contributed by atoms with E-state index in [0.29, 0.717) is 13.2 Å². The van der Waals surface area contributed by atoms with Crippen LogP contribution in [0.3, 0.4) is 0 Å². The second-order valence-electron chi connectivity index (χ2n) is 6.34. The van der Waals surface area contributed by atoms with Gasteiger partial charge in [0.05, 0.1) is 19.0 Å². The highest BCUT2D eigenvalue weighted by molar-refractivity contribution is 5.79. The van der Waals surface area contributed by atoms with E-state index in [9.17, 15) is 9.59 Å². The van der Waals surface area contributed by atoms with E-state index in [-0.39, 0.29) is 24.3 Å². The van der Waals surface area contributed by atoms with Gasteiger partial charge in [0.1, 0.15) is 12.4 Å². The number of carbonyl (C=O) groups excluding carboxylic acids is 2. The number of hydrogen-bond donors (Lipinski definition) is 1. The summed E-state index contributed by atoms with van der Waals surface area (Å²) in [6, 6.07) is 17.0. The summed E-state index contributed by atoms with van der Waals surface area (Å²) in [7, 11) is 1.75. The average molecular weight is 354 g/mol. The van der Waals surface area contributed by atoms with E-state index in [4.69, 9.17) is 4.74 Å². The van der Waals surface area contributed by atoms with Crippen LogP contribution < -0.4 is 10.1 Å². The zero-order valence-corrected chi connectivity index (χ0v) is 15.6. The number of nitrogens with zero attached hydrogens (tertiary/aromatic N) is 1. The first-order chi connectivity index (χ1) is 12.5. The molecule has 5 heteroatoms. The Kier molecular flexibility index (Phi) is 7.21. The minimum atomic E-state index is -0.332. The van der Waals surface area contributed by atoms with Crippen molar-refractivity contribution in [3.8, 4) is 5.75 Å². The Morgan fingerprint density at radius 1 is 1.08 bits per heavy atom. The molecule has 0 spiro atoms. The van der Waals surface area contributed by atoms with E-state index < -0.39 is 0 Å². The van der Waals surface area contributed by atoms with E-state index >= 15 is 0 Å². The molecule has 2 rings (SSSR count). The third kappa shape index (κ3) is 6.24. The molecule has 26 heavy (non-hydrogen) atoms. The van der Waals surface area contributed by atoms with Gasteiger partial charge in [-0.1, -0.05) is 48.0 Å². The van der Waals surface area contributed by atoms with Crippen LogP contribution in [0.25, 0.3) is 0 Å². The Hall–Kier alpha value is -2.82. The number of ether oxygens (including phenoxy) is 1. The minimum Gasteiger partial charge on any atom is -0.492 e. The first-order valence-corrected chi connectivity index (χ1v) is 8.71. The molecular formula is C21H26N2O3. The van der Waals surface area contributed by atoms with Crippen LogP contribution in [0.15, 0.2) is 54.6 Å². The number of hydrogen-bond acceptors (Lipinski definition) is 3. The fraction of sp³-hybridized carbons (Fsp3) is 0.333. The van der Waals surface area contributed by atoms with Crippen LogP contribution in [0.4, 0.5) is 0 Å². The van der Waals surface area contributed by atoms with E-state index in [0.717, 1.165) is 11.3 Å². The maximum Gasteiger partial charge on any atom is 0.224 e. The van der Waals surface area contributed by atoms with Crippen LogP contribution in [0, 0.1) is 6.92 Å². The maximum absolute atomic E-state index is 12.5. The fourth-order valence-corrected chi connectivity index (χ4v) is 2.57. The predicted octanol–water partition coefficient (Wildman–Crippen LogP) is 3.10. The molecule has 2 aromatic carbocycles. The Morgan fingerprint density at radius 3 is 2.35 bits per heavy atom. The van der Waals surface area contributed by atoms with E-state index in [1.165, 1.54) is 12.5 Å². The van der Waals surface area contributed by atoms with Crippen LogP contribution in [0.1, 0.15) is 30.5 Å². The SMILES string of the molecule is CC(=O)NC(CC(=O)N(C)CCOc1ccc(C)cc1)c1ccccc1. The van der Waals surface area contributed by atoms with Crippen molar-refractivity contribution in [3.05, 3.63) is 65.7 Å². The molecule has 0 aliphatic rings. The molecule has 1 unspecified atom stereocenters. The lowest BCUT2D eigenvalue weighted by molar-refractivity contribution is -0.131. The van der Waals surface area contributed by atoms with Gasteiger partial charge in [-0.05, 0) is 24.6 Å². The standard InChI is InChI=1S/C21H26N2O3/c1-16-9-11-19(12-10-16)26-14-13-23(3)21(25)15-20(22-17(2)24)18-7-5-4-6-8-18/h4-12,20H,13-15H2,1-3H3,(H,22,24). The monoisotopic (exact) mass is 354 g/mol. The van der Waals surface area contributed by atoms with Crippen LogP contribution in [-0.2, 0) is 9.59 Å². The fourth-order valence-electron chi connectivity index (χ4n) is 2.57. The van der Waals surface area contributed by atoms with Gasteiger partial charge in [0.15, 0.2) is 0 Å².